The summed E-state index contributed by atoms with van der Waals surface area (Å²) in [4.78, 5) is 15.4. The van der Waals surface area contributed by atoms with Crippen molar-refractivity contribution in [3.8, 4) is 0 Å². The van der Waals surface area contributed by atoms with Crippen LogP contribution in [0.25, 0.3) is 10.9 Å². The van der Waals surface area contributed by atoms with Crippen LogP contribution in [-0.2, 0) is 0 Å². The number of nitrogens with one attached hydrogen (secondary N) is 2. The van der Waals surface area contributed by atoms with Crippen molar-refractivity contribution in [3.63, 3.8) is 0 Å². The number of fused-ring (bicyclic) bond motifs is 1. The second-order valence-corrected chi connectivity index (χ2v) is 5.18. The topological polar surface area (TPSA) is 65.1 Å². The molecule has 0 spiro atoms. The molecule has 1 saturated carbocycles. The molecule has 1 heterocycles. The first-order chi connectivity index (χ1) is 9.25. The Morgan fingerprint density at radius 3 is 2.89 bits per heavy atom. The van der Waals surface area contributed by atoms with Crippen LogP contribution >= 0.6 is 0 Å². The van der Waals surface area contributed by atoms with Gasteiger partial charge < -0.3 is 15.4 Å². The quantitative estimate of drug-likeness (QED) is 0.773. The molecule has 1 aliphatic rings. The van der Waals surface area contributed by atoms with E-state index in [2.05, 4.69) is 10.3 Å². The molecule has 3 rings (SSSR count). The van der Waals surface area contributed by atoms with Crippen molar-refractivity contribution in [3.05, 3.63) is 36.0 Å². The minimum atomic E-state index is -0.414. The summed E-state index contributed by atoms with van der Waals surface area (Å²) in [6, 6.07) is 7.61. The normalized spacial score (nSPS) is 23.4. The monoisotopic (exact) mass is 258 g/mol. The summed E-state index contributed by atoms with van der Waals surface area (Å²) in [7, 11) is 0. The van der Waals surface area contributed by atoms with E-state index in [0.717, 1.165) is 36.6 Å². The molecular formula is C15H18N2O2. The average molecular weight is 258 g/mol. The number of hydrogen-bond donors (Lipinski definition) is 3. The number of benzene rings is 1. The molecule has 0 aliphatic heterocycles. The van der Waals surface area contributed by atoms with Gasteiger partial charge in [0.2, 0.25) is 0 Å². The van der Waals surface area contributed by atoms with E-state index < -0.39 is 6.10 Å². The first-order valence-corrected chi connectivity index (χ1v) is 6.81. The molecule has 2 atom stereocenters. The molecule has 3 N–H and O–H groups in total. The number of carbonyl (C=O) groups is 1. The maximum atomic E-state index is 12.3. The highest BCUT2D eigenvalue weighted by molar-refractivity contribution is 6.06. The van der Waals surface area contributed by atoms with E-state index in [9.17, 15) is 9.90 Å². The van der Waals surface area contributed by atoms with Gasteiger partial charge in [-0.25, -0.2) is 0 Å². The molecule has 1 fully saturated rings. The van der Waals surface area contributed by atoms with Gasteiger partial charge in [0.1, 0.15) is 0 Å². The van der Waals surface area contributed by atoms with Gasteiger partial charge in [-0.1, -0.05) is 31.0 Å². The first kappa shape index (κ1) is 12.2. The number of aromatic nitrogens is 1. The van der Waals surface area contributed by atoms with Crippen LogP contribution in [0.1, 0.15) is 36.0 Å². The van der Waals surface area contributed by atoms with Crippen molar-refractivity contribution in [1.82, 2.24) is 10.3 Å². The molecule has 1 aromatic carbocycles. The van der Waals surface area contributed by atoms with Gasteiger partial charge in [-0.15, -0.1) is 0 Å². The van der Waals surface area contributed by atoms with Crippen LogP contribution in [-0.4, -0.2) is 28.1 Å². The third-order valence-electron chi connectivity index (χ3n) is 3.88. The smallest absolute Gasteiger partial charge is 0.253 e. The second kappa shape index (κ2) is 5.05. The predicted molar refractivity (Wildman–Crippen MR) is 74.0 cm³/mol. The molecule has 0 saturated heterocycles. The summed E-state index contributed by atoms with van der Waals surface area (Å²) in [6.07, 6.45) is 5.06. The molecule has 0 unspecified atom stereocenters. The fourth-order valence-electron chi connectivity index (χ4n) is 2.79. The van der Waals surface area contributed by atoms with E-state index in [0.29, 0.717) is 5.56 Å². The molecule has 1 amide bonds. The Labute approximate surface area is 111 Å². The zero-order valence-corrected chi connectivity index (χ0v) is 10.7. The minimum absolute atomic E-state index is 0.108. The van der Waals surface area contributed by atoms with Gasteiger partial charge >= 0.3 is 0 Å². The Kier molecular flexibility index (Phi) is 3.25. The summed E-state index contributed by atoms with van der Waals surface area (Å²) >= 11 is 0. The second-order valence-electron chi connectivity index (χ2n) is 5.18. The zero-order chi connectivity index (χ0) is 13.2. The summed E-state index contributed by atoms with van der Waals surface area (Å²) in [6.45, 7) is 0. The van der Waals surface area contributed by atoms with Crippen LogP contribution in [0.3, 0.4) is 0 Å². The van der Waals surface area contributed by atoms with Crippen LogP contribution in [0.5, 0.6) is 0 Å². The molecular weight excluding hydrogens is 240 g/mol. The minimum Gasteiger partial charge on any atom is -0.391 e. The standard InChI is InChI=1S/C15H18N2O2/c18-14-8-4-3-7-13(14)17-15(19)11-9-16-12-6-2-1-5-10(11)12/h1-2,5-6,9,13-14,16,18H,3-4,7-8H2,(H,17,19)/t13-,14-/m0/s1. The Hall–Kier alpha value is -1.81. The van der Waals surface area contributed by atoms with E-state index in [4.69, 9.17) is 0 Å². The number of hydrogen-bond acceptors (Lipinski definition) is 2. The summed E-state index contributed by atoms with van der Waals surface area (Å²) in [5.74, 6) is -0.108. The maximum absolute atomic E-state index is 12.3. The lowest BCUT2D eigenvalue weighted by Gasteiger charge is -2.28. The molecule has 1 aromatic heterocycles. The Morgan fingerprint density at radius 1 is 1.26 bits per heavy atom. The third kappa shape index (κ3) is 2.36. The molecule has 19 heavy (non-hydrogen) atoms. The Morgan fingerprint density at radius 2 is 2.05 bits per heavy atom. The van der Waals surface area contributed by atoms with E-state index >= 15 is 0 Å². The van der Waals surface area contributed by atoms with E-state index in [-0.39, 0.29) is 11.9 Å². The number of aromatic amines is 1. The van der Waals surface area contributed by atoms with Crippen LogP contribution in [0.2, 0.25) is 0 Å². The number of aliphatic hydroxyl groups is 1. The number of aliphatic hydroxyl groups excluding tert-OH is 1. The number of rotatable bonds is 2. The van der Waals surface area contributed by atoms with Gasteiger partial charge in [-0.2, -0.15) is 0 Å². The number of amides is 1. The number of H-pyrrole nitrogens is 1. The molecule has 1 aliphatic carbocycles. The zero-order valence-electron chi connectivity index (χ0n) is 10.7. The lowest BCUT2D eigenvalue weighted by molar-refractivity contribution is 0.0718. The molecule has 0 radical (unpaired) electrons. The van der Waals surface area contributed by atoms with Gasteiger partial charge in [-0.05, 0) is 18.9 Å². The van der Waals surface area contributed by atoms with Gasteiger partial charge in [-0.3, -0.25) is 4.79 Å². The third-order valence-corrected chi connectivity index (χ3v) is 3.88. The van der Waals surface area contributed by atoms with Gasteiger partial charge in [0.05, 0.1) is 17.7 Å². The fourth-order valence-corrected chi connectivity index (χ4v) is 2.79. The van der Waals surface area contributed by atoms with Crippen molar-refractivity contribution in [2.45, 2.75) is 37.8 Å². The van der Waals surface area contributed by atoms with Gasteiger partial charge in [0.15, 0.2) is 0 Å². The first-order valence-electron chi connectivity index (χ1n) is 6.81. The van der Waals surface area contributed by atoms with Gasteiger partial charge in [0, 0.05) is 17.1 Å². The highest BCUT2D eigenvalue weighted by Crippen LogP contribution is 2.21. The summed E-state index contributed by atoms with van der Waals surface area (Å²) < 4.78 is 0. The van der Waals surface area contributed by atoms with Crippen molar-refractivity contribution < 1.29 is 9.90 Å². The molecule has 2 aromatic rings. The number of carbonyl (C=O) groups excluding carboxylic acids is 1. The summed E-state index contributed by atoms with van der Waals surface area (Å²) in [5, 5.41) is 13.8. The molecule has 4 nitrogen and oxygen atoms in total. The van der Waals surface area contributed by atoms with Gasteiger partial charge in [0.25, 0.3) is 5.91 Å². The lowest BCUT2D eigenvalue weighted by Crippen LogP contribution is -2.45. The summed E-state index contributed by atoms with van der Waals surface area (Å²) in [5.41, 5.74) is 1.60. The number of para-hydroxylation sites is 1. The van der Waals surface area contributed by atoms with Crippen molar-refractivity contribution in [2.75, 3.05) is 0 Å². The van der Waals surface area contributed by atoms with Crippen LogP contribution in [0.15, 0.2) is 30.5 Å². The van der Waals surface area contributed by atoms with Crippen molar-refractivity contribution in [2.24, 2.45) is 0 Å². The average Bonchev–Trinajstić information content (AvgIpc) is 2.85. The highest BCUT2D eigenvalue weighted by atomic mass is 16.3. The molecule has 0 bridgehead atoms. The van der Waals surface area contributed by atoms with E-state index in [1.54, 1.807) is 6.20 Å². The van der Waals surface area contributed by atoms with Crippen molar-refractivity contribution >= 4 is 16.8 Å². The largest absolute Gasteiger partial charge is 0.391 e. The van der Waals surface area contributed by atoms with Crippen molar-refractivity contribution in [1.29, 1.82) is 0 Å². The maximum Gasteiger partial charge on any atom is 0.253 e. The van der Waals surface area contributed by atoms with E-state index in [1.807, 2.05) is 24.3 Å². The molecule has 4 heteroatoms. The van der Waals surface area contributed by atoms with E-state index in [1.165, 1.54) is 0 Å². The molecule has 100 valence electrons. The van der Waals surface area contributed by atoms with Crippen LogP contribution < -0.4 is 5.32 Å². The Balaban J connectivity index is 1.80. The Bertz CT molecular complexity index is 591. The van der Waals surface area contributed by atoms with Crippen LogP contribution in [0, 0.1) is 0 Å². The SMILES string of the molecule is O=C(N[C@H]1CCCC[C@@H]1O)c1c[nH]c2ccccc12. The fraction of sp³-hybridized carbons (Fsp3) is 0.400. The lowest BCUT2D eigenvalue weighted by atomic mass is 9.92. The predicted octanol–water partition coefficient (Wildman–Crippen LogP) is 2.20. The van der Waals surface area contributed by atoms with Crippen LogP contribution in [0.4, 0.5) is 0 Å². The highest BCUT2D eigenvalue weighted by Gasteiger charge is 2.25.